The second-order valence-corrected chi connectivity index (χ2v) is 12.1. The monoisotopic (exact) mass is 546 g/mol. The molecule has 2 atom stereocenters. The van der Waals surface area contributed by atoms with Crippen LogP contribution in [0.3, 0.4) is 0 Å². The topological polar surface area (TPSA) is 71.9 Å². The van der Waals surface area contributed by atoms with Gasteiger partial charge >= 0.3 is 5.97 Å². The molecule has 1 unspecified atom stereocenters. The Hall–Kier alpha value is -3.19. The third-order valence-electron chi connectivity index (χ3n) is 9.41. The van der Waals surface area contributed by atoms with Crippen molar-refractivity contribution >= 4 is 5.97 Å². The molecule has 2 aromatic rings. The molecular formula is C33H39FN2O4. The summed E-state index contributed by atoms with van der Waals surface area (Å²) in [5.41, 5.74) is 6.39. The highest BCUT2D eigenvalue weighted by Gasteiger charge is 2.48. The average molecular weight is 547 g/mol. The van der Waals surface area contributed by atoms with Crippen molar-refractivity contribution in [2.45, 2.75) is 89.3 Å². The third kappa shape index (κ3) is 5.40. The van der Waals surface area contributed by atoms with E-state index in [2.05, 4.69) is 28.1 Å². The number of pyridine rings is 1. The van der Waals surface area contributed by atoms with E-state index in [4.69, 9.17) is 9.47 Å². The van der Waals surface area contributed by atoms with Gasteiger partial charge in [0.15, 0.2) is 0 Å². The number of carboxylic acid groups (broad SMARTS) is 1. The highest BCUT2D eigenvalue weighted by molar-refractivity contribution is 5.70. The minimum Gasteiger partial charge on any atom is -0.486 e. The predicted molar refractivity (Wildman–Crippen MR) is 151 cm³/mol. The molecule has 2 aliphatic carbocycles. The molecule has 6 nitrogen and oxygen atoms in total. The fourth-order valence-electron chi connectivity index (χ4n) is 6.81. The van der Waals surface area contributed by atoms with Crippen molar-refractivity contribution in [2.75, 3.05) is 13.7 Å². The van der Waals surface area contributed by atoms with Gasteiger partial charge in [-0.15, -0.1) is 0 Å². The van der Waals surface area contributed by atoms with Gasteiger partial charge in [0.2, 0.25) is 5.88 Å². The van der Waals surface area contributed by atoms with Crippen LogP contribution < -0.4 is 4.74 Å². The molecule has 1 aromatic heterocycles. The second-order valence-electron chi connectivity index (χ2n) is 12.1. The fourth-order valence-corrected chi connectivity index (χ4v) is 6.81. The molecule has 0 amide bonds. The van der Waals surface area contributed by atoms with Crippen LogP contribution in [0.1, 0.15) is 88.4 Å². The predicted octanol–water partition coefficient (Wildman–Crippen LogP) is 7.35. The normalized spacial score (nSPS) is 22.8. The van der Waals surface area contributed by atoms with Gasteiger partial charge in [0.25, 0.3) is 0 Å². The lowest BCUT2D eigenvalue weighted by Gasteiger charge is -2.37. The number of nitrogens with zero attached hydrogens (tertiary/aromatic N) is 2. The van der Waals surface area contributed by atoms with Crippen LogP contribution in [0.5, 0.6) is 5.88 Å². The summed E-state index contributed by atoms with van der Waals surface area (Å²) in [5.74, 6) is -0.206. The maximum Gasteiger partial charge on any atom is 0.306 e. The Morgan fingerprint density at radius 3 is 2.83 bits per heavy atom. The van der Waals surface area contributed by atoms with E-state index in [1.54, 1.807) is 20.1 Å². The minimum absolute atomic E-state index is 0.0906. The van der Waals surface area contributed by atoms with Gasteiger partial charge in [-0.3, -0.25) is 9.69 Å². The number of ether oxygens (including phenoxy) is 2. The van der Waals surface area contributed by atoms with E-state index >= 15 is 4.39 Å². The van der Waals surface area contributed by atoms with Gasteiger partial charge in [0.1, 0.15) is 17.7 Å². The zero-order chi connectivity index (χ0) is 27.9. The molecule has 1 saturated carbocycles. The van der Waals surface area contributed by atoms with Crippen molar-refractivity contribution in [1.29, 1.82) is 0 Å². The number of carboxylic acids is 1. The van der Waals surface area contributed by atoms with Gasteiger partial charge in [-0.05, 0) is 92.7 Å². The second kappa shape index (κ2) is 11.0. The molecule has 3 heterocycles. The molecule has 0 bridgehead atoms. The summed E-state index contributed by atoms with van der Waals surface area (Å²) in [6.07, 6.45) is 13.7. The first-order valence-electron chi connectivity index (χ1n) is 14.7. The van der Waals surface area contributed by atoms with Gasteiger partial charge in [-0.25, -0.2) is 9.37 Å². The van der Waals surface area contributed by atoms with Gasteiger partial charge in [0, 0.05) is 23.7 Å². The Morgan fingerprint density at radius 2 is 2.05 bits per heavy atom. The van der Waals surface area contributed by atoms with Crippen LogP contribution in [0, 0.1) is 11.7 Å². The quantitative estimate of drug-likeness (QED) is 0.373. The largest absolute Gasteiger partial charge is 0.486 e. The Bertz CT molecular complexity index is 1360. The zero-order valence-corrected chi connectivity index (χ0v) is 23.5. The van der Waals surface area contributed by atoms with Crippen molar-refractivity contribution in [1.82, 2.24) is 9.88 Å². The van der Waals surface area contributed by atoms with Crippen molar-refractivity contribution in [3.05, 3.63) is 70.4 Å². The van der Waals surface area contributed by atoms with Gasteiger partial charge in [-0.2, -0.15) is 0 Å². The minimum atomic E-state index is -0.763. The number of hydrogen-bond donors (Lipinski definition) is 1. The van der Waals surface area contributed by atoms with Crippen LogP contribution in [-0.2, 0) is 16.1 Å². The molecule has 40 heavy (non-hydrogen) atoms. The number of methoxy groups -OCH3 is 1. The van der Waals surface area contributed by atoms with Gasteiger partial charge in [-0.1, -0.05) is 37.1 Å². The fraction of sp³-hybridized carbons (Fsp3) is 0.515. The van der Waals surface area contributed by atoms with E-state index in [0.717, 1.165) is 66.8 Å². The Morgan fingerprint density at radius 1 is 1.20 bits per heavy atom. The Kier molecular flexibility index (Phi) is 7.43. The first kappa shape index (κ1) is 27.0. The van der Waals surface area contributed by atoms with Crippen LogP contribution in [-0.4, -0.2) is 40.2 Å². The lowest BCUT2D eigenvalue weighted by Crippen LogP contribution is -2.40. The summed E-state index contributed by atoms with van der Waals surface area (Å²) in [6.45, 7) is 3.62. The highest BCUT2D eigenvalue weighted by atomic mass is 19.1. The van der Waals surface area contributed by atoms with E-state index in [0.29, 0.717) is 23.4 Å². The Labute approximate surface area is 235 Å². The lowest BCUT2D eigenvalue weighted by molar-refractivity contribution is -0.141. The molecule has 4 aliphatic rings. The molecule has 0 radical (unpaired) electrons. The van der Waals surface area contributed by atoms with Crippen LogP contribution >= 0.6 is 0 Å². The van der Waals surface area contributed by atoms with E-state index in [9.17, 15) is 9.90 Å². The number of halogens is 1. The maximum atomic E-state index is 15.1. The van der Waals surface area contributed by atoms with Crippen LogP contribution in [0.25, 0.3) is 11.1 Å². The smallest absolute Gasteiger partial charge is 0.306 e. The van der Waals surface area contributed by atoms with Crippen molar-refractivity contribution in [3.63, 3.8) is 0 Å². The molecule has 2 fully saturated rings. The third-order valence-corrected chi connectivity index (χ3v) is 9.41. The number of rotatable bonds is 8. The van der Waals surface area contributed by atoms with E-state index < -0.39 is 11.9 Å². The summed E-state index contributed by atoms with van der Waals surface area (Å²) in [6, 6.07) is 8.03. The van der Waals surface area contributed by atoms with E-state index in [-0.39, 0.29) is 11.9 Å². The number of carbonyl (C=O) groups is 1. The molecule has 212 valence electrons. The summed E-state index contributed by atoms with van der Waals surface area (Å²) < 4.78 is 27.0. The average Bonchev–Trinajstić information content (AvgIpc) is 3.74. The summed E-state index contributed by atoms with van der Waals surface area (Å²) in [5, 5.41) is 9.36. The Balaban J connectivity index is 1.31. The standard InChI is InChI=1S/C33H39FN2O4/c1-21(32(37)38)15-22-5-6-23-8-10-29(40-30(23)16-22)24-7-9-26(27-18-31(39-2)35-19-28(27)34)25(17-24)20-36-14-4-3-11-33(36)12-13-33/h7,9,16-19,21,29H,3-6,8,10-15,20H2,1-2H3,(H,37,38)/t21-,29?/m0/s1. The molecule has 1 N–H and O–H groups in total. The first-order valence-corrected chi connectivity index (χ1v) is 14.7. The number of piperidine rings is 1. The van der Waals surface area contributed by atoms with Crippen molar-refractivity contribution in [3.8, 4) is 17.0 Å². The number of aliphatic carboxylic acids is 1. The highest BCUT2D eigenvalue weighted by Crippen LogP contribution is 2.49. The molecule has 2 aliphatic heterocycles. The van der Waals surface area contributed by atoms with Crippen LogP contribution in [0.15, 0.2) is 53.4 Å². The van der Waals surface area contributed by atoms with E-state index in [1.165, 1.54) is 43.9 Å². The lowest BCUT2D eigenvalue weighted by atomic mass is 9.86. The molecule has 1 spiro atoms. The first-order chi connectivity index (χ1) is 19.3. The molecule has 7 heteroatoms. The SMILES string of the molecule is COc1cc(-c2ccc(C3CCC4=C(C=C(C[C@H](C)C(=O)O)CC4)O3)cc2CN2CCCCC23CC3)c(F)cn1. The maximum absolute atomic E-state index is 15.1. The zero-order valence-electron chi connectivity index (χ0n) is 23.5. The number of likely N-dealkylation sites (tertiary alicyclic amines) is 1. The molecule has 1 saturated heterocycles. The number of benzene rings is 1. The number of allylic oxidation sites excluding steroid dienone is 3. The summed E-state index contributed by atoms with van der Waals surface area (Å²) >= 11 is 0. The summed E-state index contributed by atoms with van der Waals surface area (Å²) in [4.78, 5) is 18.1. The molecule has 1 aromatic carbocycles. The number of aromatic nitrogens is 1. The van der Waals surface area contributed by atoms with Crippen molar-refractivity contribution < 1.29 is 23.8 Å². The van der Waals surface area contributed by atoms with Gasteiger partial charge in [0.05, 0.1) is 19.2 Å². The van der Waals surface area contributed by atoms with Crippen molar-refractivity contribution in [2.24, 2.45) is 5.92 Å². The molecule has 6 rings (SSSR count). The number of hydrogen-bond acceptors (Lipinski definition) is 5. The molecular weight excluding hydrogens is 507 g/mol. The summed E-state index contributed by atoms with van der Waals surface area (Å²) in [7, 11) is 1.55. The van der Waals surface area contributed by atoms with Gasteiger partial charge < -0.3 is 14.6 Å². The van der Waals surface area contributed by atoms with E-state index in [1.807, 2.05) is 6.07 Å². The van der Waals surface area contributed by atoms with Crippen LogP contribution in [0.2, 0.25) is 0 Å². The van der Waals surface area contributed by atoms with Crippen LogP contribution in [0.4, 0.5) is 4.39 Å².